The first-order valence-corrected chi connectivity index (χ1v) is 8.24. The average molecular weight is 323 g/mol. The van der Waals surface area contributed by atoms with Gasteiger partial charge in [-0.2, -0.15) is 0 Å². The van der Waals surface area contributed by atoms with Crippen LogP contribution in [-0.4, -0.2) is 32.7 Å². The zero-order valence-electron chi connectivity index (χ0n) is 11.6. The van der Waals surface area contributed by atoms with Gasteiger partial charge in [0.15, 0.2) is 5.16 Å². The monoisotopic (exact) mass is 322 g/mol. The summed E-state index contributed by atoms with van der Waals surface area (Å²) in [6, 6.07) is 1.79. The van der Waals surface area contributed by atoms with Gasteiger partial charge in [0.25, 0.3) is 5.56 Å². The highest BCUT2D eigenvalue weighted by Gasteiger charge is 2.21. The summed E-state index contributed by atoms with van der Waals surface area (Å²) in [6.07, 6.45) is 6.14. The molecule has 0 atom stereocenters. The van der Waals surface area contributed by atoms with Crippen LogP contribution in [0.25, 0.3) is 0 Å². The number of nitrogens with zero attached hydrogens (tertiary/aromatic N) is 3. The molecule has 1 N–H and O–H groups in total. The maximum atomic E-state index is 12.1. The molecule has 7 heteroatoms. The fourth-order valence-electron chi connectivity index (χ4n) is 2.46. The van der Waals surface area contributed by atoms with Gasteiger partial charge in [0, 0.05) is 49.0 Å². The van der Waals surface area contributed by atoms with E-state index in [0.717, 1.165) is 29.8 Å². The van der Waals surface area contributed by atoms with Crippen molar-refractivity contribution in [3.63, 3.8) is 0 Å². The van der Waals surface area contributed by atoms with Crippen molar-refractivity contribution in [2.75, 3.05) is 12.8 Å². The molecule has 5 nitrogen and oxygen atoms in total. The largest absolute Gasteiger partial charge is 0.301 e. The summed E-state index contributed by atoms with van der Waals surface area (Å²) >= 11 is 7.62. The minimum Gasteiger partial charge on any atom is -0.301 e. The molecule has 2 aromatic heterocycles. The Morgan fingerprint density at radius 2 is 2.38 bits per heavy atom. The smallest absolute Gasteiger partial charge is 0.256 e. The predicted octanol–water partition coefficient (Wildman–Crippen LogP) is 2.10. The number of fused-ring (bicyclic) bond motifs is 1. The second-order valence-electron chi connectivity index (χ2n) is 4.93. The number of halogens is 1. The topological polar surface area (TPSA) is 61.9 Å². The Balaban J connectivity index is 1.82. The van der Waals surface area contributed by atoms with Gasteiger partial charge in [0.2, 0.25) is 0 Å². The summed E-state index contributed by atoms with van der Waals surface area (Å²) in [7, 11) is 0. The molecular weight excluding hydrogens is 308 g/mol. The third-order valence-electron chi connectivity index (χ3n) is 3.56. The van der Waals surface area contributed by atoms with Crippen LogP contribution in [0.15, 0.2) is 28.4 Å². The molecule has 0 fully saturated rings. The van der Waals surface area contributed by atoms with Gasteiger partial charge in [-0.3, -0.25) is 14.7 Å². The number of aromatic nitrogens is 3. The normalized spacial score (nSPS) is 15.0. The maximum absolute atomic E-state index is 12.1. The van der Waals surface area contributed by atoms with Crippen LogP contribution in [0.4, 0.5) is 0 Å². The predicted molar refractivity (Wildman–Crippen MR) is 83.7 cm³/mol. The van der Waals surface area contributed by atoms with Crippen LogP contribution >= 0.6 is 23.4 Å². The quantitative estimate of drug-likeness (QED) is 0.692. The molecule has 1 aliphatic heterocycles. The number of hydrogen-bond donors (Lipinski definition) is 1. The molecule has 0 unspecified atom stereocenters. The Kier molecular flexibility index (Phi) is 4.28. The summed E-state index contributed by atoms with van der Waals surface area (Å²) in [5.74, 6) is 0. The third-order valence-corrected chi connectivity index (χ3v) is 4.51. The first-order valence-electron chi connectivity index (χ1n) is 6.64. The number of hydrogen-bond acceptors (Lipinski definition) is 5. The van der Waals surface area contributed by atoms with Gasteiger partial charge in [0.05, 0.1) is 11.3 Å². The lowest BCUT2D eigenvalue weighted by Crippen LogP contribution is -2.35. The van der Waals surface area contributed by atoms with Gasteiger partial charge in [-0.1, -0.05) is 23.4 Å². The second kappa shape index (κ2) is 6.17. The highest BCUT2D eigenvalue weighted by atomic mass is 35.5. The average Bonchev–Trinajstić information content (AvgIpc) is 2.50. The summed E-state index contributed by atoms with van der Waals surface area (Å²) < 4.78 is 0. The van der Waals surface area contributed by atoms with E-state index >= 15 is 0 Å². The first-order chi connectivity index (χ1) is 10.2. The number of pyridine rings is 1. The summed E-state index contributed by atoms with van der Waals surface area (Å²) in [4.78, 5) is 25.7. The van der Waals surface area contributed by atoms with Gasteiger partial charge >= 0.3 is 0 Å². The van der Waals surface area contributed by atoms with Crippen LogP contribution in [0.2, 0.25) is 5.02 Å². The Bertz CT molecular complexity index is 718. The standard InChI is InChI=1S/C14H15ClN4OS/c1-21-14-17-12-3-5-19(8-10(12)13(20)18-14)7-9-6-16-4-2-11(9)15/h2,4,6H,3,5,7-8H2,1H3,(H,17,18,20). The zero-order valence-corrected chi connectivity index (χ0v) is 13.2. The van der Waals surface area contributed by atoms with E-state index in [1.54, 1.807) is 18.5 Å². The van der Waals surface area contributed by atoms with E-state index in [1.807, 2.05) is 6.26 Å². The molecule has 0 aromatic carbocycles. The minimum atomic E-state index is -0.0358. The Morgan fingerprint density at radius 3 is 3.14 bits per heavy atom. The van der Waals surface area contributed by atoms with Crippen molar-refractivity contribution >= 4 is 23.4 Å². The summed E-state index contributed by atoms with van der Waals surface area (Å²) in [5.41, 5.74) is 2.62. The van der Waals surface area contributed by atoms with E-state index in [-0.39, 0.29) is 5.56 Å². The first kappa shape index (κ1) is 14.6. The number of H-pyrrole nitrogens is 1. The van der Waals surface area contributed by atoms with E-state index in [1.165, 1.54) is 11.8 Å². The molecular formula is C14H15ClN4OS. The number of aromatic amines is 1. The van der Waals surface area contributed by atoms with Gasteiger partial charge in [0.1, 0.15) is 0 Å². The lowest BCUT2D eigenvalue weighted by molar-refractivity contribution is 0.240. The van der Waals surface area contributed by atoms with Crippen molar-refractivity contribution < 1.29 is 0 Å². The summed E-state index contributed by atoms with van der Waals surface area (Å²) in [6.45, 7) is 2.15. The van der Waals surface area contributed by atoms with E-state index in [0.29, 0.717) is 23.3 Å². The molecule has 3 heterocycles. The molecule has 1 aliphatic rings. The fourth-order valence-corrected chi connectivity index (χ4v) is 3.02. The minimum absolute atomic E-state index is 0.0358. The molecule has 0 saturated carbocycles. The van der Waals surface area contributed by atoms with Crippen molar-refractivity contribution in [1.29, 1.82) is 0 Å². The van der Waals surface area contributed by atoms with Crippen LogP contribution in [0.5, 0.6) is 0 Å². The molecule has 0 amide bonds. The highest BCUT2D eigenvalue weighted by molar-refractivity contribution is 7.98. The Labute approximate surface area is 131 Å². The number of rotatable bonds is 3. The van der Waals surface area contributed by atoms with Gasteiger partial charge in [-0.25, -0.2) is 4.98 Å². The van der Waals surface area contributed by atoms with Crippen molar-refractivity contribution in [3.8, 4) is 0 Å². The summed E-state index contributed by atoms with van der Waals surface area (Å²) in [5, 5.41) is 1.39. The van der Waals surface area contributed by atoms with Crippen LogP contribution < -0.4 is 5.56 Å². The van der Waals surface area contributed by atoms with E-state index in [9.17, 15) is 4.79 Å². The molecule has 0 bridgehead atoms. The lowest BCUT2D eigenvalue weighted by Gasteiger charge is -2.27. The van der Waals surface area contributed by atoms with Gasteiger partial charge < -0.3 is 4.98 Å². The van der Waals surface area contributed by atoms with Crippen molar-refractivity contribution in [1.82, 2.24) is 19.9 Å². The van der Waals surface area contributed by atoms with Crippen LogP contribution in [0, 0.1) is 0 Å². The van der Waals surface area contributed by atoms with Crippen molar-refractivity contribution in [2.45, 2.75) is 24.7 Å². The third kappa shape index (κ3) is 3.12. The van der Waals surface area contributed by atoms with E-state index in [2.05, 4.69) is 19.9 Å². The van der Waals surface area contributed by atoms with Crippen molar-refractivity contribution in [3.05, 3.63) is 50.7 Å². The molecule has 110 valence electrons. The molecule has 0 radical (unpaired) electrons. The molecule has 0 aliphatic carbocycles. The van der Waals surface area contributed by atoms with Gasteiger partial charge in [-0.05, 0) is 12.3 Å². The van der Waals surface area contributed by atoms with Crippen LogP contribution in [-0.2, 0) is 19.5 Å². The lowest BCUT2D eigenvalue weighted by atomic mass is 10.1. The highest BCUT2D eigenvalue weighted by Crippen LogP contribution is 2.21. The molecule has 0 saturated heterocycles. The molecule has 21 heavy (non-hydrogen) atoms. The van der Waals surface area contributed by atoms with Crippen LogP contribution in [0.1, 0.15) is 16.8 Å². The van der Waals surface area contributed by atoms with E-state index in [4.69, 9.17) is 11.6 Å². The number of nitrogens with one attached hydrogen (secondary N) is 1. The Morgan fingerprint density at radius 1 is 1.52 bits per heavy atom. The van der Waals surface area contributed by atoms with E-state index < -0.39 is 0 Å². The van der Waals surface area contributed by atoms with Crippen LogP contribution in [0.3, 0.4) is 0 Å². The Hall–Kier alpha value is -1.37. The van der Waals surface area contributed by atoms with Gasteiger partial charge in [-0.15, -0.1) is 0 Å². The molecule has 2 aromatic rings. The van der Waals surface area contributed by atoms with Crippen molar-refractivity contribution in [2.24, 2.45) is 0 Å². The number of thioether (sulfide) groups is 1. The maximum Gasteiger partial charge on any atom is 0.256 e. The fraction of sp³-hybridized carbons (Fsp3) is 0.357. The zero-order chi connectivity index (χ0) is 14.8. The molecule has 3 rings (SSSR count). The second-order valence-corrected chi connectivity index (χ2v) is 6.13. The SMILES string of the molecule is CSc1nc2c(c(=O)[nH]1)CN(Cc1cnccc1Cl)CC2. The molecule has 0 spiro atoms.